The van der Waals surface area contributed by atoms with Crippen LogP contribution in [0.4, 0.5) is 0 Å². The highest BCUT2D eigenvalue weighted by Crippen LogP contribution is 2.35. The largest absolute Gasteiger partial charge is 0.243 e. The zero-order valence-corrected chi connectivity index (χ0v) is 14.9. The van der Waals surface area contributed by atoms with Crippen molar-refractivity contribution in [1.29, 1.82) is 0 Å². The van der Waals surface area contributed by atoms with Crippen molar-refractivity contribution in [2.24, 2.45) is 7.05 Å². The Morgan fingerprint density at radius 3 is 2.42 bits per heavy atom. The molecule has 0 spiro atoms. The van der Waals surface area contributed by atoms with E-state index in [9.17, 15) is 0 Å². The van der Waals surface area contributed by atoms with E-state index >= 15 is 0 Å². The van der Waals surface area contributed by atoms with Gasteiger partial charge in [-0.1, -0.05) is 60.7 Å². The Bertz CT molecular complexity index is 1300. The second-order valence-electron chi connectivity index (χ2n) is 6.83. The lowest BCUT2D eigenvalue weighted by molar-refractivity contribution is -0.633. The van der Waals surface area contributed by atoms with E-state index in [2.05, 4.69) is 85.3 Å². The number of nitrogens with zero attached hydrogens (tertiary/aromatic N) is 2. The number of fused-ring (bicyclic) bond motifs is 4. The molecule has 5 aromatic rings. The van der Waals surface area contributed by atoms with E-state index in [4.69, 9.17) is 4.98 Å². The predicted molar refractivity (Wildman–Crippen MR) is 108 cm³/mol. The van der Waals surface area contributed by atoms with Gasteiger partial charge >= 0.3 is 0 Å². The SMILES string of the molecule is Cc1ccc2ccc3ccccc3c2c1-c1cnc2ccccc2[n+]1C. The van der Waals surface area contributed by atoms with Gasteiger partial charge in [0.2, 0.25) is 11.2 Å². The number of aryl methyl sites for hydroxylation is 2. The zero-order valence-electron chi connectivity index (χ0n) is 14.9. The van der Waals surface area contributed by atoms with Crippen LogP contribution in [-0.4, -0.2) is 4.98 Å². The minimum absolute atomic E-state index is 1.02. The van der Waals surface area contributed by atoms with E-state index in [0.717, 1.165) is 16.7 Å². The number of rotatable bonds is 1. The van der Waals surface area contributed by atoms with E-state index in [1.165, 1.54) is 32.7 Å². The molecule has 0 fully saturated rings. The van der Waals surface area contributed by atoms with Crippen molar-refractivity contribution in [3.63, 3.8) is 0 Å². The van der Waals surface area contributed by atoms with E-state index in [0.29, 0.717) is 0 Å². The molecule has 0 saturated heterocycles. The molecular weight excluding hydrogens is 316 g/mol. The second-order valence-corrected chi connectivity index (χ2v) is 6.83. The summed E-state index contributed by atoms with van der Waals surface area (Å²) in [6.45, 7) is 2.19. The molecule has 0 radical (unpaired) electrons. The van der Waals surface area contributed by atoms with Gasteiger partial charge in [0.25, 0.3) is 0 Å². The standard InChI is InChI=1S/C24H19N2/c1-16-11-12-18-14-13-17-7-3-4-8-19(17)24(18)23(16)22-15-25-20-9-5-6-10-21(20)26(22)2/h3-15H,1-2H3/q+1. The molecule has 0 aliphatic heterocycles. The van der Waals surface area contributed by atoms with Crippen molar-refractivity contribution < 1.29 is 4.57 Å². The van der Waals surface area contributed by atoms with Crippen molar-refractivity contribution in [1.82, 2.24) is 4.98 Å². The molecule has 0 aliphatic carbocycles. The molecule has 0 saturated carbocycles. The fourth-order valence-electron chi connectivity index (χ4n) is 3.97. The smallest absolute Gasteiger partial charge is 0.232 e. The van der Waals surface area contributed by atoms with Crippen LogP contribution in [0.1, 0.15) is 5.56 Å². The maximum atomic E-state index is 4.73. The Hall–Kier alpha value is -3.26. The molecule has 1 heterocycles. The summed E-state index contributed by atoms with van der Waals surface area (Å²) in [4.78, 5) is 4.73. The van der Waals surface area contributed by atoms with Crippen molar-refractivity contribution in [3.05, 3.63) is 84.6 Å². The number of aromatic nitrogens is 2. The molecule has 26 heavy (non-hydrogen) atoms. The molecule has 0 bridgehead atoms. The third-order valence-electron chi connectivity index (χ3n) is 5.30. The Labute approximate surface area is 152 Å². The molecule has 5 rings (SSSR count). The number of hydrogen-bond donors (Lipinski definition) is 0. The molecule has 4 aromatic carbocycles. The van der Waals surface area contributed by atoms with Crippen LogP contribution in [0, 0.1) is 6.92 Å². The first-order chi connectivity index (χ1) is 12.7. The number of para-hydroxylation sites is 2. The van der Waals surface area contributed by atoms with Gasteiger partial charge in [-0.3, -0.25) is 0 Å². The molecule has 0 amide bonds. The molecule has 2 heteroatoms. The summed E-state index contributed by atoms with van der Waals surface area (Å²) in [5.41, 5.74) is 5.83. The summed E-state index contributed by atoms with van der Waals surface area (Å²) < 4.78 is 2.26. The van der Waals surface area contributed by atoms with Crippen LogP contribution in [0.5, 0.6) is 0 Å². The van der Waals surface area contributed by atoms with Crippen LogP contribution in [0.15, 0.2) is 79.0 Å². The maximum Gasteiger partial charge on any atom is 0.232 e. The van der Waals surface area contributed by atoms with Crippen LogP contribution in [-0.2, 0) is 7.05 Å². The van der Waals surface area contributed by atoms with Gasteiger partial charge in [0, 0.05) is 11.5 Å². The molecular formula is C24H19N2+. The van der Waals surface area contributed by atoms with Gasteiger partial charge in [-0.2, -0.15) is 4.57 Å². The average Bonchev–Trinajstić information content (AvgIpc) is 2.69. The summed E-state index contributed by atoms with van der Waals surface area (Å²) in [7, 11) is 2.13. The Morgan fingerprint density at radius 2 is 1.50 bits per heavy atom. The van der Waals surface area contributed by atoms with E-state index in [1.807, 2.05) is 12.3 Å². The number of benzene rings is 4. The van der Waals surface area contributed by atoms with Gasteiger partial charge in [0.15, 0.2) is 0 Å². The van der Waals surface area contributed by atoms with E-state index in [1.54, 1.807) is 0 Å². The Kier molecular flexibility index (Phi) is 3.26. The normalized spacial score (nSPS) is 11.5. The topological polar surface area (TPSA) is 16.8 Å². The highest BCUT2D eigenvalue weighted by molar-refractivity contribution is 6.14. The molecule has 0 aliphatic rings. The first-order valence-electron chi connectivity index (χ1n) is 8.89. The van der Waals surface area contributed by atoms with Crippen LogP contribution < -0.4 is 4.57 Å². The lowest BCUT2D eigenvalue weighted by atomic mass is 9.93. The van der Waals surface area contributed by atoms with Crippen molar-refractivity contribution >= 4 is 32.6 Å². The fraction of sp³-hybridized carbons (Fsp3) is 0.0833. The maximum absolute atomic E-state index is 4.73. The van der Waals surface area contributed by atoms with E-state index in [-0.39, 0.29) is 0 Å². The quantitative estimate of drug-likeness (QED) is 0.298. The minimum Gasteiger partial charge on any atom is -0.243 e. The molecule has 0 unspecified atom stereocenters. The van der Waals surface area contributed by atoms with Gasteiger partial charge in [0.05, 0.1) is 5.56 Å². The lowest BCUT2D eigenvalue weighted by Crippen LogP contribution is -2.32. The van der Waals surface area contributed by atoms with Gasteiger partial charge in [-0.15, -0.1) is 0 Å². The molecule has 0 N–H and O–H groups in total. The van der Waals surface area contributed by atoms with Crippen LogP contribution in [0.3, 0.4) is 0 Å². The van der Waals surface area contributed by atoms with Crippen LogP contribution >= 0.6 is 0 Å². The average molecular weight is 335 g/mol. The highest BCUT2D eigenvalue weighted by atomic mass is 15.0. The van der Waals surface area contributed by atoms with Crippen LogP contribution in [0.2, 0.25) is 0 Å². The predicted octanol–water partition coefficient (Wildman–Crippen LogP) is 5.34. The summed E-state index contributed by atoms with van der Waals surface area (Å²) in [6, 6.07) is 25.8. The summed E-state index contributed by atoms with van der Waals surface area (Å²) in [5, 5.41) is 5.12. The minimum atomic E-state index is 1.02. The van der Waals surface area contributed by atoms with E-state index < -0.39 is 0 Å². The Balaban J connectivity index is 1.97. The van der Waals surface area contributed by atoms with Gasteiger partial charge < -0.3 is 0 Å². The van der Waals surface area contributed by atoms with Gasteiger partial charge in [-0.25, -0.2) is 4.98 Å². The zero-order chi connectivity index (χ0) is 17.7. The van der Waals surface area contributed by atoms with Crippen molar-refractivity contribution in [2.75, 3.05) is 0 Å². The molecule has 1 aromatic heterocycles. The molecule has 124 valence electrons. The fourth-order valence-corrected chi connectivity index (χ4v) is 3.97. The third-order valence-corrected chi connectivity index (χ3v) is 5.30. The molecule has 2 nitrogen and oxygen atoms in total. The first-order valence-corrected chi connectivity index (χ1v) is 8.89. The lowest BCUT2D eigenvalue weighted by Gasteiger charge is -2.12. The highest BCUT2D eigenvalue weighted by Gasteiger charge is 2.20. The second kappa shape index (κ2) is 5.63. The summed E-state index contributed by atoms with van der Waals surface area (Å²) in [6.07, 6.45) is 2.01. The van der Waals surface area contributed by atoms with Crippen molar-refractivity contribution in [3.8, 4) is 11.3 Å². The summed E-state index contributed by atoms with van der Waals surface area (Å²) in [5.74, 6) is 0. The number of hydrogen-bond acceptors (Lipinski definition) is 1. The van der Waals surface area contributed by atoms with Gasteiger partial charge in [0.1, 0.15) is 18.8 Å². The van der Waals surface area contributed by atoms with Crippen molar-refractivity contribution in [2.45, 2.75) is 6.92 Å². The summed E-state index contributed by atoms with van der Waals surface area (Å²) >= 11 is 0. The first kappa shape index (κ1) is 15.0. The molecule has 0 atom stereocenters. The van der Waals surface area contributed by atoms with Gasteiger partial charge in [-0.05, 0) is 34.7 Å². The Morgan fingerprint density at radius 1 is 0.769 bits per heavy atom. The van der Waals surface area contributed by atoms with Crippen LogP contribution in [0.25, 0.3) is 43.8 Å². The third kappa shape index (κ3) is 2.12. The monoisotopic (exact) mass is 335 g/mol.